The van der Waals surface area contributed by atoms with Crippen LogP contribution in [0.4, 0.5) is 0 Å². The summed E-state index contributed by atoms with van der Waals surface area (Å²) in [7, 11) is 0. The monoisotopic (exact) mass is 422 g/mol. The summed E-state index contributed by atoms with van der Waals surface area (Å²) in [5.74, 6) is 1.35. The van der Waals surface area contributed by atoms with Crippen LogP contribution in [0.3, 0.4) is 0 Å². The average Bonchev–Trinajstić information content (AvgIpc) is 2.57. The summed E-state index contributed by atoms with van der Waals surface area (Å²) in [4.78, 5) is 2.50. The SMILES string of the molecule is CC/C=C(\C=C(/CCl)CN1CC(C(C)(C)C)C1)NCc1cc(C)c(Cl)c(C)c1. The van der Waals surface area contributed by atoms with Gasteiger partial charge >= 0.3 is 0 Å². The van der Waals surface area contributed by atoms with Gasteiger partial charge in [0.2, 0.25) is 0 Å². The zero-order valence-corrected chi connectivity index (χ0v) is 19.8. The molecule has 0 radical (unpaired) electrons. The van der Waals surface area contributed by atoms with Crippen LogP contribution in [0.1, 0.15) is 50.8 Å². The van der Waals surface area contributed by atoms with E-state index in [1.807, 2.05) is 0 Å². The van der Waals surface area contributed by atoms with Crippen LogP contribution in [0.2, 0.25) is 5.02 Å². The molecule has 1 N–H and O–H groups in total. The van der Waals surface area contributed by atoms with E-state index in [0.717, 1.165) is 47.3 Å². The first-order chi connectivity index (χ1) is 13.1. The minimum Gasteiger partial charge on any atom is -0.381 e. The van der Waals surface area contributed by atoms with E-state index in [2.05, 4.69) is 76.0 Å². The third-order valence-electron chi connectivity index (χ3n) is 5.56. The summed E-state index contributed by atoms with van der Waals surface area (Å²) < 4.78 is 0. The van der Waals surface area contributed by atoms with Gasteiger partial charge in [0.1, 0.15) is 0 Å². The molecule has 156 valence electrons. The van der Waals surface area contributed by atoms with E-state index in [4.69, 9.17) is 23.2 Å². The van der Waals surface area contributed by atoms with E-state index in [1.54, 1.807) is 0 Å². The fourth-order valence-corrected chi connectivity index (χ4v) is 3.89. The molecule has 0 aromatic heterocycles. The fraction of sp³-hybridized carbons (Fsp3) is 0.583. The Morgan fingerprint density at radius 2 is 1.82 bits per heavy atom. The molecule has 0 saturated carbocycles. The maximum absolute atomic E-state index is 6.30. The van der Waals surface area contributed by atoms with Crippen LogP contribution in [0.25, 0.3) is 0 Å². The van der Waals surface area contributed by atoms with Crippen molar-refractivity contribution < 1.29 is 0 Å². The smallest absolute Gasteiger partial charge is 0.0464 e. The number of allylic oxidation sites excluding steroid dienone is 2. The van der Waals surface area contributed by atoms with Crippen molar-refractivity contribution in [3.63, 3.8) is 0 Å². The van der Waals surface area contributed by atoms with Gasteiger partial charge in [0, 0.05) is 42.8 Å². The summed E-state index contributed by atoms with van der Waals surface area (Å²) in [5, 5.41) is 4.44. The Hall–Kier alpha value is -0.960. The van der Waals surface area contributed by atoms with Gasteiger partial charge in [-0.05, 0) is 59.9 Å². The quantitative estimate of drug-likeness (QED) is 0.380. The van der Waals surface area contributed by atoms with E-state index in [-0.39, 0.29) is 0 Å². The Kier molecular flexibility index (Phi) is 8.48. The predicted molar refractivity (Wildman–Crippen MR) is 124 cm³/mol. The first kappa shape index (κ1) is 23.3. The lowest BCUT2D eigenvalue weighted by Gasteiger charge is -2.46. The number of benzene rings is 1. The number of alkyl halides is 1. The molecule has 0 unspecified atom stereocenters. The fourth-order valence-electron chi connectivity index (χ4n) is 3.62. The molecule has 1 saturated heterocycles. The molecule has 1 aromatic rings. The predicted octanol–water partition coefficient (Wildman–Crippen LogP) is 6.48. The number of hydrogen-bond donors (Lipinski definition) is 1. The highest BCUT2D eigenvalue weighted by molar-refractivity contribution is 6.32. The Morgan fingerprint density at radius 1 is 1.21 bits per heavy atom. The van der Waals surface area contributed by atoms with Crippen LogP contribution >= 0.6 is 23.2 Å². The van der Waals surface area contributed by atoms with Crippen LogP contribution in [0, 0.1) is 25.2 Å². The summed E-state index contributed by atoms with van der Waals surface area (Å²) in [6.07, 6.45) is 5.45. The second kappa shape index (κ2) is 10.2. The van der Waals surface area contributed by atoms with E-state index < -0.39 is 0 Å². The maximum Gasteiger partial charge on any atom is 0.0464 e. The summed E-state index contributed by atoms with van der Waals surface area (Å²) in [6.45, 7) is 17.4. The van der Waals surface area contributed by atoms with Crippen LogP contribution in [-0.2, 0) is 6.54 Å². The third kappa shape index (κ3) is 6.54. The molecule has 4 heteroatoms. The second-order valence-electron chi connectivity index (χ2n) is 9.16. The van der Waals surface area contributed by atoms with Crippen LogP contribution in [0.15, 0.2) is 35.6 Å². The van der Waals surface area contributed by atoms with Crippen LogP contribution < -0.4 is 5.32 Å². The Labute approximate surface area is 182 Å². The molecule has 1 aliphatic heterocycles. The molecule has 0 atom stereocenters. The van der Waals surface area contributed by atoms with Crippen molar-refractivity contribution in [1.82, 2.24) is 10.2 Å². The minimum atomic E-state index is 0.394. The van der Waals surface area contributed by atoms with Crippen molar-refractivity contribution in [3.05, 3.63) is 57.3 Å². The minimum absolute atomic E-state index is 0.394. The summed E-state index contributed by atoms with van der Waals surface area (Å²) in [6, 6.07) is 4.32. The molecule has 1 aromatic carbocycles. The van der Waals surface area contributed by atoms with Crippen molar-refractivity contribution in [3.8, 4) is 0 Å². The number of hydrogen-bond acceptors (Lipinski definition) is 2. The lowest BCUT2D eigenvalue weighted by atomic mass is 9.76. The van der Waals surface area contributed by atoms with Crippen molar-refractivity contribution in [2.75, 3.05) is 25.5 Å². The lowest BCUT2D eigenvalue weighted by molar-refractivity contribution is 0.0322. The Balaban J connectivity index is 1.99. The van der Waals surface area contributed by atoms with Gasteiger partial charge in [0.25, 0.3) is 0 Å². The van der Waals surface area contributed by atoms with Gasteiger partial charge in [0.05, 0.1) is 0 Å². The number of nitrogens with one attached hydrogen (secondary N) is 1. The largest absolute Gasteiger partial charge is 0.381 e. The molecule has 2 rings (SSSR count). The zero-order chi connectivity index (χ0) is 20.9. The zero-order valence-electron chi connectivity index (χ0n) is 18.3. The van der Waals surface area contributed by atoms with E-state index in [9.17, 15) is 0 Å². The standard InChI is InChI=1S/C24H36Cl2N2/c1-7-8-22(27-13-19-9-17(2)23(26)18(3)10-19)11-20(12-25)14-28-15-21(16-28)24(4,5)6/h8-11,21,27H,7,12-16H2,1-6H3/b20-11+,22-8+. The van der Waals surface area contributed by atoms with E-state index in [1.165, 1.54) is 24.2 Å². The molecule has 1 heterocycles. The van der Waals surface area contributed by atoms with Crippen molar-refractivity contribution in [2.45, 2.75) is 54.5 Å². The molecule has 2 nitrogen and oxygen atoms in total. The van der Waals surface area contributed by atoms with E-state index in [0.29, 0.717) is 11.3 Å². The molecule has 28 heavy (non-hydrogen) atoms. The van der Waals surface area contributed by atoms with Gasteiger partial charge in [-0.3, -0.25) is 4.90 Å². The number of aryl methyl sites for hydroxylation is 2. The molecule has 0 spiro atoms. The highest BCUT2D eigenvalue weighted by Crippen LogP contribution is 2.33. The highest BCUT2D eigenvalue weighted by atomic mass is 35.5. The van der Waals surface area contributed by atoms with Gasteiger partial charge in [0.15, 0.2) is 0 Å². The molecule has 0 amide bonds. The normalized spacial score (nSPS) is 17.0. The number of likely N-dealkylation sites (tertiary alicyclic amines) is 1. The van der Waals surface area contributed by atoms with Crippen LogP contribution in [-0.4, -0.2) is 30.4 Å². The molecular weight excluding hydrogens is 387 g/mol. The van der Waals surface area contributed by atoms with Gasteiger partial charge in [-0.15, -0.1) is 11.6 Å². The molecule has 1 aliphatic rings. The Morgan fingerprint density at radius 3 is 2.32 bits per heavy atom. The van der Waals surface area contributed by atoms with Gasteiger partial charge < -0.3 is 5.32 Å². The first-order valence-electron chi connectivity index (χ1n) is 10.3. The number of nitrogens with zero attached hydrogens (tertiary/aromatic N) is 1. The van der Waals surface area contributed by atoms with Gasteiger partial charge in [-0.1, -0.05) is 57.5 Å². The van der Waals surface area contributed by atoms with Crippen molar-refractivity contribution in [1.29, 1.82) is 0 Å². The van der Waals surface area contributed by atoms with Gasteiger partial charge in [-0.25, -0.2) is 0 Å². The van der Waals surface area contributed by atoms with Crippen molar-refractivity contribution >= 4 is 23.2 Å². The van der Waals surface area contributed by atoms with Gasteiger partial charge in [-0.2, -0.15) is 0 Å². The third-order valence-corrected chi connectivity index (χ3v) is 6.50. The highest BCUT2D eigenvalue weighted by Gasteiger charge is 2.35. The summed E-state index contributed by atoms with van der Waals surface area (Å²) >= 11 is 12.6. The number of halogens is 2. The maximum atomic E-state index is 6.30. The Bertz CT molecular complexity index is 700. The van der Waals surface area contributed by atoms with E-state index >= 15 is 0 Å². The lowest BCUT2D eigenvalue weighted by Crippen LogP contribution is -2.52. The van der Waals surface area contributed by atoms with Crippen molar-refractivity contribution in [2.24, 2.45) is 11.3 Å². The molecular formula is C24H36Cl2N2. The number of rotatable bonds is 8. The molecule has 0 aliphatic carbocycles. The first-order valence-corrected chi connectivity index (χ1v) is 11.2. The average molecular weight is 423 g/mol. The molecule has 1 fully saturated rings. The topological polar surface area (TPSA) is 15.3 Å². The molecule has 0 bridgehead atoms. The summed E-state index contributed by atoms with van der Waals surface area (Å²) in [5.41, 5.74) is 6.31. The second-order valence-corrected chi connectivity index (χ2v) is 9.80. The van der Waals surface area contributed by atoms with Crippen LogP contribution in [0.5, 0.6) is 0 Å².